The second-order valence-electron chi connectivity index (χ2n) is 5.90. The van der Waals surface area contributed by atoms with Crippen LogP contribution in [0.25, 0.3) is 0 Å². The summed E-state index contributed by atoms with van der Waals surface area (Å²) in [6.45, 7) is 1.88. The van der Waals surface area contributed by atoms with E-state index in [0.717, 1.165) is 0 Å². The van der Waals surface area contributed by atoms with Crippen molar-refractivity contribution in [3.05, 3.63) is 18.5 Å². The molecular weight excluding hydrogens is 334 g/mol. The number of hydrogen-bond acceptors (Lipinski definition) is 7. The van der Waals surface area contributed by atoms with Crippen molar-refractivity contribution in [2.45, 2.75) is 12.5 Å². The van der Waals surface area contributed by atoms with Crippen LogP contribution in [0.5, 0.6) is 0 Å². The number of aromatic nitrogens is 2. The van der Waals surface area contributed by atoms with E-state index in [1.54, 1.807) is 18.5 Å². The number of rotatable bonds is 2. The number of hydrogen-bond donors (Lipinski definition) is 1. The summed E-state index contributed by atoms with van der Waals surface area (Å²) < 4.78 is 22.8. The monoisotopic (exact) mass is 353 g/mol. The molecule has 2 aliphatic rings. The number of anilines is 1. The molecule has 2 amide bonds. The summed E-state index contributed by atoms with van der Waals surface area (Å²) >= 11 is 0. The van der Waals surface area contributed by atoms with E-state index >= 15 is 0 Å². The third-order valence-corrected chi connectivity index (χ3v) is 5.93. The molecule has 0 aromatic carbocycles. The highest BCUT2D eigenvalue weighted by molar-refractivity contribution is 7.91. The summed E-state index contributed by atoms with van der Waals surface area (Å²) in [4.78, 5) is 36.0. The van der Waals surface area contributed by atoms with Crippen LogP contribution in [0.15, 0.2) is 18.5 Å². The van der Waals surface area contributed by atoms with Gasteiger partial charge in [0.25, 0.3) is 0 Å². The molecule has 0 spiro atoms. The Morgan fingerprint density at radius 3 is 2.38 bits per heavy atom. The van der Waals surface area contributed by atoms with Crippen molar-refractivity contribution in [3.8, 4) is 0 Å². The fraction of sp³-hybridized carbons (Fsp3) is 0.571. The van der Waals surface area contributed by atoms with Crippen LogP contribution in [0.2, 0.25) is 0 Å². The Labute approximate surface area is 140 Å². The van der Waals surface area contributed by atoms with E-state index in [0.29, 0.717) is 38.5 Å². The molecule has 24 heavy (non-hydrogen) atoms. The molecule has 3 heterocycles. The van der Waals surface area contributed by atoms with Crippen LogP contribution in [0.1, 0.15) is 6.42 Å². The topological polar surface area (TPSA) is 113 Å². The van der Waals surface area contributed by atoms with Gasteiger partial charge in [0.05, 0.1) is 11.5 Å². The summed E-state index contributed by atoms with van der Waals surface area (Å²) in [6, 6.07) is 1.27. The van der Waals surface area contributed by atoms with E-state index in [1.807, 2.05) is 4.90 Å². The van der Waals surface area contributed by atoms with Gasteiger partial charge in [0.2, 0.25) is 5.95 Å². The van der Waals surface area contributed by atoms with Crippen LogP contribution in [-0.4, -0.2) is 78.8 Å². The third kappa shape index (κ3) is 3.81. The largest absolute Gasteiger partial charge is 0.344 e. The maximum absolute atomic E-state index is 12.2. The Kier molecular flexibility index (Phi) is 4.65. The van der Waals surface area contributed by atoms with Gasteiger partial charge in [0, 0.05) is 44.6 Å². The van der Waals surface area contributed by atoms with Crippen molar-refractivity contribution in [1.82, 2.24) is 20.2 Å². The van der Waals surface area contributed by atoms with Crippen molar-refractivity contribution in [2.75, 3.05) is 42.6 Å². The molecule has 1 atom stereocenters. The number of carbonyl (C=O) groups is 2. The molecule has 0 bridgehead atoms. The Balaban J connectivity index is 1.51. The van der Waals surface area contributed by atoms with Gasteiger partial charge >= 0.3 is 11.8 Å². The first-order chi connectivity index (χ1) is 11.4. The van der Waals surface area contributed by atoms with E-state index < -0.39 is 27.7 Å². The van der Waals surface area contributed by atoms with E-state index in [-0.39, 0.29) is 11.5 Å². The number of nitrogens with zero attached hydrogens (tertiary/aromatic N) is 4. The van der Waals surface area contributed by atoms with Gasteiger partial charge < -0.3 is 15.1 Å². The highest BCUT2D eigenvalue weighted by atomic mass is 32.2. The summed E-state index contributed by atoms with van der Waals surface area (Å²) in [5, 5.41) is 2.53. The number of nitrogens with one attached hydrogen (secondary N) is 1. The van der Waals surface area contributed by atoms with Gasteiger partial charge in [-0.25, -0.2) is 18.4 Å². The van der Waals surface area contributed by atoms with Crippen LogP contribution in [0.4, 0.5) is 5.95 Å². The summed E-state index contributed by atoms with van der Waals surface area (Å²) in [5.74, 6) is -0.785. The molecule has 0 aliphatic carbocycles. The Bertz CT molecular complexity index is 716. The maximum Gasteiger partial charge on any atom is 0.312 e. The Morgan fingerprint density at radius 1 is 1.12 bits per heavy atom. The van der Waals surface area contributed by atoms with Crippen molar-refractivity contribution in [2.24, 2.45) is 0 Å². The highest BCUT2D eigenvalue weighted by Gasteiger charge is 2.32. The van der Waals surface area contributed by atoms with Crippen LogP contribution in [0.3, 0.4) is 0 Å². The Morgan fingerprint density at radius 2 is 1.79 bits per heavy atom. The van der Waals surface area contributed by atoms with Crippen molar-refractivity contribution < 1.29 is 18.0 Å². The fourth-order valence-corrected chi connectivity index (χ4v) is 4.54. The van der Waals surface area contributed by atoms with Crippen LogP contribution < -0.4 is 10.2 Å². The predicted molar refractivity (Wildman–Crippen MR) is 86.0 cm³/mol. The first kappa shape index (κ1) is 16.6. The van der Waals surface area contributed by atoms with Crippen LogP contribution in [0, 0.1) is 0 Å². The lowest BCUT2D eigenvalue weighted by molar-refractivity contribution is -0.146. The average Bonchev–Trinajstić information content (AvgIpc) is 2.93. The molecule has 2 fully saturated rings. The van der Waals surface area contributed by atoms with E-state index in [9.17, 15) is 18.0 Å². The minimum atomic E-state index is -3.09. The molecule has 0 saturated carbocycles. The summed E-state index contributed by atoms with van der Waals surface area (Å²) in [7, 11) is -3.09. The zero-order chi connectivity index (χ0) is 17.2. The predicted octanol–water partition coefficient (Wildman–Crippen LogP) is -1.57. The molecule has 3 rings (SSSR count). The molecular formula is C14H19N5O4S. The second-order valence-corrected chi connectivity index (χ2v) is 8.13. The zero-order valence-electron chi connectivity index (χ0n) is 13.1. The smallest absolute Gasteiger partial charge is 0.312 e. The molecule has 9 nitrogen and oxygen atoms in total. The Hall–Kier alpha value is -2.23. The molecule has 2 saturated heterocycles. The lowest BCUT2D eigenvalue weighted by atomic mass is 10.2. The molecule has 1 aromatic rings. The average molecular weight is 353 g/mol. The van der Waals surface area contributed by atoms with Gasteiger partial charge in [-0.15, -0.1) is 0 Å². The van der Waals surface area contributed by atoms with Gasteiger partial charge in [-0.3, -0.25) is 9.59 Å². The lowest BCUT2D eigenvalue weighted by Gasteiger charge is -2.34. The van der Waals surface area contributed by atoms with E-state index in [4.69, 9.17) is 0 Å². The molecule has 1 unspecified atom stereocenters. The van der Waals surface area contributed by atoms with Gasteiger partial charge in [0.1, 0.15) is 0 Å². The van der Waals surface area contributed by atoms with E-state index in [2.05, 4.69) is 15.3 Å². The lowest BCUT2D eigenvalue weighted by Crippen LogP contribution is -2.54. The highest BCUT2D eigenvalue weighted by Crippen LogP contribution is 2.12. The fourth-order valence-electron chi connectivity index (χ4n) is 2.86. The molecule has 0 radical (unpaired) electrons. The first-order valence-electron chi connectivity index (χ1n) is 7.77. The van der Waals surface area contributed by atoms with Gasteiger partial charge in [0.15, 0.2) is 9.84 Å². The number of piperazine rings is 1. The van der Waals surface area contributed by atoms with Gasteiger partial charge in [-0.05, 0) is 12.5 Å². The number of carbonyl (C=O) groups excluding carboxylic acids is 2. The van der Waals surface area contributed by atoms with Crippen molar-refractivity contribution >= 4 is 27.6 Å². The molecule has 1 aromatic heterocycles. The summed E-state index contributed by atoms with van der Waals surface area (Å²) in [6.07, 6.45) is 3.67. The third-order valence-electron chi connectivity index (χ3n) is 4.16. The maximum atomic E-state index is 12.2. The minimum absolute atomic E-state index is 0.0574. The molecule has 130 valence electrons. The molecule has 1 N–H and O–H groups in total. The number of amides is 2. The van der Waals surface area contributed by atoms with Crippen molar-refractivity contribution in [3.63, 3.8) is 0 Å². The van der Waals surface area contributed by atoms with Crippen LogP contribution >= 0.6 is 0 Å². The van der Waals surface area contributed by atoms with Crippen molar-refractivity contribution in [1.29, 1.82) is 0 Å². The van der Waals surface area contributed by atoms with Gasteiger partial charge in [-0.2, -0.15) is 0 Å². The normalized spacial score (nSPS) is 23.1. The molecule has 2 aliphatic heterocycles. The zero-order valence-corrected chi connectivity index (χ0v) is 13.9. The van der Waals surface area contributed by atoms with E-state index in [1.165, 1.54) is 4.90 Å². The quantitative estimate of drug-likeness (QED) is 0.639. The minimum Gasteiger partial charge on any atom is -0.344 e. The number of sulfone groups is 1. The first-order valence-corrected chi connectivity index (χ1v) is 9.59. The molecule has 10 heteroatoms. The van der Waals surface area contributed by atoms with Gasteiger partial charge in [-0.1, -0.05) is 0 Å². The van der Waals surface area contributed by atoms with Crippen LogP contribution in [-0.2, 0) is 19.4 Å². The SMILES string of the molecule is O=C(NC1CCS(=O)(=O)C1)C(=O)N1CCN(c2ncccn2)CC1. The summed E-state index contributed by atoms with van der Waals surface area (Å²) in [5.41, 5.74) is 0. The standard InChI is InChI=1S/C14H19N5O4S/c20-12(17-11-2-9-24(22,23)10-11)13(21)18-5-7-19(8-6-18)14-15-3-1-4-16-14/h1,3-4,11H,2,5-10H2,(H,17,20). The second kappa shape index (κ2) is 6.71.